The number of likely N-dealkylation sites (N-methyl/N-ethyl adjacent to an activating group) is 2. The maximum Gasteiger partial charge on any atom is 0.126 e. The molecular weight excluding hydrogens is 220 g/mol. The van der Waals surface area contributed by atoms with Crippen LogP contribution in [0.1, 0.15) is 0 Å². The molecule has 0 radical (unpaired) electrons. The van der Waals surface area contributed by atoms with Gasteiger partial charge in [0.05, 0.1) is 55.5 Å². The van der Waals surface area contributed by atoms with E-state index >= 15 is 0 Å². The van der Waals surface area contributed by atoms with E-state index in [0.29, 0.717) is 22.1 Å². The number of aliphatic hydroxyl groups excluding tert-OH is 2. The van der Waals surface area contributed by atoms with Crippen molar-refractivity contribution in [1.82, 2.24) is 0 Å². The third kappa shape index (κ3) is 12.1. The highest BCUT2D eigenvalue weighted by atomic mass is 16.5. The Kier molecular flexibility index (Phi) is 6.58. The second kappa shape index (κ2) is 6.66. The van der Waals surface area contributed by atoms with Crippen molar-refractivity contribution in [2.24, 2.45) is 0 Å². The van der Waals surface area contributed by atoms with Gasteiger partial charge in [-0.1, -0.05) is 0 Å². The zero-order valence-electron chi connectivity index (χ0n) is 12.2. The molecule has 0 aliphatic carbocycles. The summed E-state index contributed by atoms with van der Waals surface area (Å²) >= 11 is 0. The van der Waals surface area contributed by atoms with Crippen molar-refractivity contribution in [1.29, 1.82) is 0 Å². The van der Waals surface area contributed by atoms with Crippen molar-refractivity contribution in [3.8, 4) is 0 Å². The molecule has 0 aromatic rings. The third-order valence-corrected chi connectivity index (χ3v) is 2.14. The van der Waals surface area contributed by atoms with E-state index in [2.05, 4.69) is 0 Å². The van der Waals surface area contributed by atoms with Crippen LogP contribution in [-0.2, 0) is 4.74 Å². The summed E-state index contributed by atoms with van der Waals surface area (Å²) in [4.78, 5) is 0. The van der Waals surface area contributed by atoms with Gasteiger partial charge in [0.2, 0.25) is 0 Å². The second-order valence-corrected chi connectivity index (χ2v) is 6.79. The zero-order valence-corrected chi connectivity index (χ0v) is 12.2. The lowest BCUT2D eigenvalue weighted by molar-refractivity contribution is -0.874. The quantitative estimate of drug-likeness (QED) is 0.551. The van der Waals surface area contributed by atoms with Gasteiger partial charge in [-0.05, 0) is 0 Å². The number of hydrogen-bond acceptors (Lipinski definition) is 3. The fraction of sp³-hybridized carbons (Fsp3) is 1.00. The number of nitrogens with zero attached hydrogens (tertiary/aromatic N) is 2. The SMILES string of the molecule is C[N+](C)(C)CC(O)COCC(O)C[N+](C)(C)C. The van der Waals surface area contributed by atoms with Gasteiger partial charge in [0.25, 0.3) is 0 Å². The van der Waals surface area contributed by atoms with Crippen molar-refractivity contribution in [3.05, 3.63) is 0 Å². The van der Waals surface area contributed by atoms with Gasteiger partial charge in [0.1, 0.15) is 25.3 Å². The van der Waals surface area contributed by atoms with Crippen LogP contribution in [0.5, 0.6) is 0 Å². The lowest BCUT2D eigenvalue weighted by Crippen LogP contribution is -2.44. The number of quaternary nitrogens is 2. The first kappa shape index (κ1) is 16.8. The summed E-state index contributed by atoms with van der Waals surface area (Å²) in [6.07, 6.45) is -0.961. The fourth-order valence-electron chi connectivity index (χ4n) is 1.71. The molecule has 0 aliphatic rings. The summed E-state index contributed by atoms with van der Waals surface area (Å²) in [5.41, 5.74) is 0. The van der Waals surface area contributed by atoms with Crippen molar-refractivity contribution >= 4 is 0 Å². The van der Waals surface area contributed by atoms with Gasteiger partial charge in [-0.3, -0.25) is 0 Å². The Hall–Kier alpha value is -0.200. The van der Waals surface area contributed by atoms with Crippen molar-refractivity contribution < 1.29 is 23.9 Å². The van der Waals surface area contributed by atoms with Crippen LogP contribution in [-0.4, -0.2) is 100.0 Å². The lowest BCUT2D eigenvalue weighted by atomic mass is 10.3. The van der Waals surface area contributed by atoms with Gasteiger partial charge in [0, 0.05) is 0 Å². The molecule has 0 aromatic heterocycles. The average molecular weight is 250 g/mol. The Bertz CT molecular complexity index is 187. The van der Waals surface area contributed by atoms with E-state index in [4.69, 9.17) is 4.74 Å². The Morgan fingerprint density at radius 3 is 1.29 bits per heavy atom. The van der Waals surface area contributed by atoms with Gasteiger partial charge in [-0.15, -0.1) is 0 Å². The van der Waals surface area contributed by atoms with Crippen LogP contribution >= 0.6 is 0 Å². The van der Waals surface area contributed by atoms with Crippen molar-refractivity contribution in [2.45, 2.75) is 12.2 Å². The molecule has 0 rings (SSSR count). The molecule has 2 unspecified atom stereocenters. The minimum absolute atomic E-state index is 0.281. The first-order valence-corrected chi connectivity index (χ1v) is 6.04. The normalized spacial score (nSPS) is 16.9. The maximum absolute atomic E-state index is 9.70. The smallest absolute Gasteiger partial charge is 0.126 e. The summed E-state index contributed by atoms with van der Waals surface area (Å²) in [5.74, 6) is 0. The number of aliphatic hydroxyl groups is 2. The van der Waals surface area contributed by atoms with E-state index in [1.165, 1.54) is 0 Å². The Labute approximate surface area is 105 Å². The first-order chi connectivity index (χ1) is 7.49. The molecule has 0 bridgehead atoms. The van der Waals surface area contributed by atoms with Gasteiger partial charge in [0.15, 0.2) is 0 Å². The number of hydrogen-bond donors (Lipinski definition) is 2. The molecule has 5 heteroatoms. The van der Waals surface area contributed by atoms with Crippen LogP contribution in [0.4, 0.5) is 0 Å². The zero-order chi connectivity index (χ0) is 13.7. The van der Waals surface area contributed by atoms with E-state index in [9.17, 15) is 10.2 Å². The van der Waals surface area contributed by atoms with E-state index in [-0.39, 0.29) is 13.2 Å². The molecule has 2 atom stereocenters. The minimum atomic E-state index is -0.480. The summed E-state index contributed by atoms with van der Waals surface area (Å²) in [5, 5.41) is 19.4. The van der Waals surface area contributed by atoms with E-state index in [0.717, 1.165) is 0 Å². The van der Waals surface area contributed by atoms with Gasteiger partial charge < -0.3 is 23.9 Å². The molecule has 17 heavy (non-hydrogen) atoms. The fourth-order valence-corrected chi connectivity index (χ4v) is 1.71. The number of ether oxygens (including phenoxy) is 1. The average Bonchev–Trinajstić information content (AvgIpc) is 1.95. The molecule has 5 nitrogen and oxygen atoms in total. The molecule has 0 spiro atoms. The van der Waals surface area contributed by atoms with Crippen LogP contribution in [0.3, 0.4) is 0 Å². The molecular formula is C12H30N2O3+2. The highest BCUT2D eigenvalue weighted by Gasteiger charge is 2.18. The highest BCUT2D eigenvalue weighted by Crippen LogP contribution is 1.99. The van der Waals surface area contributed by atoms with E-state index in [1.807, 2.05) is 42.3 Å². The molecule has 104 valence electrons. The molecule has 0 saturated heterocycles. The summed E-state index contributed by atoms with van der Waals surface area (Å²) in [6, 6.07) is 0. The predicted octanol–water partition coefficient (Wildman–Crippen LogP) is -0.863. The standard InChI is InChI=1S/C12H30N2O3/c1-13(2,3)7-11(15)9-17-10-12(16)8-14(4,5)6/h11-12,15-16H,7-10H2,1-6H3/q+2. The first-order valence-electron chi connectivity index (χ1n) is 6.04. The topological polar surface area (TPSA) is 49.7 Å². The molecule has 0 fully saturated rings. The Morgan fingerprint density at radius 2 is 1.06 bits per heavy atom. The van der Waals surface area contributed by atoms with Crippen LogP contribution in [0.15, 0.2) is 0 Å². The lowest BCUT2D eigenvalue weighted by Gasteiger charge is -2.28. The maximum atomic E-state index is 9.70. The second-order valence-electron chi connectivity index (χ2n) is 6.79. The Morgan fingerprint density at radius 1 is 0.765 bits per heavy atom. The summed E-state index contributed by atoms with van der Waals surface area (Å²) < 4.78 is 6.73. The van der Waals surface area contributed by atoms with E-state index < -0.39 is 12.2 Å². The summed E-state index contributed by atoms with van der Waals surface area (Å²) in [6.45, 7) is 1.85. The van der Waals surface area contributed by atoms with Crippen molar-refractivity contribution in [2.75, 3.05) is 68.6 Å². The van der Waals surface area contributed by atoms with Crippen LogP contribution in [0.2, 0.25) is 0 Å². The monoisotopic (exact) mass is 250 g/mol. The van der Waals surface area contributed by atoms with Crippen LogP contribution in [0.25, 0.3) is 0 Å². The highest BCUT2D eigenvalue weighted by molar-refractivity contribution is 4.55. The Balaban J connectivity index is 3.70. The number of rotatable bonds is 8. The van der Waals surface area contributed by atoms with Crippen LogP contribution < -0.4 is 0 Å². The van der Waals surface area contributed by atoms with Crippen LogP contribution in [0, 0.1) is 0 Å². The molecule has 0 aromatic carbocycles. The third-order valence-electron chi connectivity index (χ3n) is 2.14. The predicted molar refractivity (Wildman–Crippen MR) is 68.6 cm³/mol. The molecule has 2 N–H and O–H groups in total. The van der Waals surface area contributed by atoms with Gasteiger partial charge >= 0.3 is 0 Å². The molecule has 0 saturated carbocycles. The summed E-state index contributed by atoms with van der Waals surface area (Å²) in [7, 11) is 12.1. The molecule has 0 heterocycles. The van der Waals surface area contributed by atoms with Gasteiger partial charge in [-0.25, -0.2) is 0 Å². The molecule has 0 aliphatic heterocycles. The minimum Gasteiger partial charge on any atom is -0.385 e. The largest absolute Gasteiger partial charge is 0.385 e. The molecule has 0 amide bonds. The van der Waals surface area contributed by atoms with E-state index in [1.54, 1.807) is 0 Å². The van der Waals surface area contributed by atoms with Crippen molar-refractivity contribution in [3.63, 3.8) is 0 Å². The van der Waals surface area contributed by atoms with Gasteiger partial charge in [-0.2, -0.15) is 0 Å².